The second-order valence-electron chi connectivity index (χ2n) is 5.24. The van der Waals surface area contributed by atoms with Crippen molar-refractivity contribution >= 4 is 23.2 Å². The molecule has 0 aromatic heterocycles. The van der Waals surface area contributed by atoms with Crippen LogP contribution >= 0.6 is 11.6 Å². The third kappa shape index (κ3) is 4.12. The Morgan fingerprint density at radius 1 is 1.45 bits per heavy atom. The van der Waals surface area contributed by atoms with Crippen LogP contribution in [0, 0.1) is 0 Å². The van der Waals surface area contributed by atoms with Crippen molar-refractivity contribution in [1.29, 1.82) is 0 Å². The number of nitrogens with zero attached hydrogens (tertiary/aromatic N) is 1. The van der Waals surface area contributed by atoms with Gasteiger partial charge in [0, 0.05) is 55.9 Å². The Balaban J connectivity index is 2.04. The Hall–Kier alpha value is -1.26. The van der Waals surface area contributed by atoms with Crippen LogP contribution in [0.3, 0.4) is 0 Å². The van der Waals surface area contributed by atoms with Crippen LogP contribution in [0.5, 0.6) is 0 Å². The SMILES string of the molecule is CNC(=O)CCN(C)c1cccc(Cl)c1CNC1CC1. The van der Waals surface area contributed by atoms with E-state index in [1.54, 1.807) is 7.05 Å². The molecule has 0 unspecified atom stereocenters. The molecule has 4 nitrogen and oxygen atoms in total. The van der Waals surface area contributed by atoms with Gasteiger partial charge in [-0.25, -0.2) is 0 Å². The van der Waals surface area contributed by atoms with Gasteiger partial charge in [0.05, 0.1) is 0 Å². The Kier molecular flexibility index (Phi) is 5.26. The first kappa shape index (κ1) is 15.1. The van der Waals surface area contributed by atoms with E-state index >= 15 is 0 Å². The minimum absolute atomic E-state index is 0.0523. The first-order valence-electron chi connectivity index (χ1n) is 7.04. The molecule has 1 aromatic rings. The van der Waals surface area contributed by atoms with Crippen molar-refractivity contribution in [2.24, 2.45) is 0 Å². The summed E-state index contributed by atoms with van der Waals surface area (Å²) < 4.78 is 0. The predicted octanol–water partition coefficient (Wildman–Crippen LogP) is 2.16. The fraction of sp³-hybridized carbons (Fsp3) is 0.533. The number of hydrogen-bond acceptors (Lipinski definition) is 3. The lowest BCUT2D eigenvalue weighted by atomic mass is 10.1. The second-order valence-corrected chi connectivity index (χ2v) is 5.64. The van der Waals surface area contributed by atoms with E-state index in [0.717, 1.165) is 22.8 Å². The Labute approximate surface area is 125 Å². The van der Waals surface area contributed by atoms with Crippen molar-refractivity contribution in [1.82, 2.24) is 10.6 Å². The number of anilines is 1. The van der Waals surface area contributed by atoms with E-state index < -0.39 is 0 Å². The molecule has 110 valence electrons. The summed E-state index contributed by atoms with van der Waals surface area (Å²) in [4.78, 5) is 13.4. The summed E-state index contributed by atoms with van der Waals surface area (Å²) in [7, 11) is 3.65. The first-order chi connectivity index (χ1) is 9.61. The second kappa shape index (κ2) is 6.95. The fourth-order valence-corrected chi connectivity index (χ4v) is 2.36. The normalized spacial score (nSPS) is 14.2. The maximum atomic E-state index is 11.3. The smallest absolute Gasteiger partial charge is 0.221 e. The van der Waals surface area contributed by atoms with Crippen LogP contribution in [-0.2, 0) is 11.3 Å². The largest absolute Gasteiger partial charge is 0.374 e. The molecular weight excluding hydrogens is 274 g/mol. The van der Waals surface area contributed by atoms with Gasteiger partial charge in [0.1, 0.15) is 0 Å². The molecule has 2 N–H and O–H groups in total. The average molecular weight is 296 g/mol. The summed E-state index contributed by atoms with van der Waals surface area (Å²) in [6, 6.07) is 6.57. The maximum Gasteiger partial charge on any atom is 0.221 e. The van der Waals surface area contributed by atoms with Gasteiger partial charge in [0.25, 0.3) is 0 Å². The molecule has 1 saturated carbocycles. The molecule has 1 aliphatic rings. The number of nitrogens with one attached hydrogen (secondary N) is 2. The Bertz CT molecular complexity index is 474. The predicted molar refractivity (Wildman–Crippen MR) is 83.3 cm³/mol. The van der Waals surface area contributed by atoms with Gasteiger partial charge < -0.3 is 15.5 Å². The zero-order valence-corrected chi connectivity index (χ0v) is 12.8. The molecule has 1 amide bonds. The highest BCUT2D eigenvalue weighted by Crippen LogP contribution is 2.28. The van der Waals surface area contributed by atoms with Crippen LogP contribution in [0.15, 0.2) is 18.2 Å². The van der Waals surface area contributed by atoms with E-state index in [4.69, 9.17) is 11.6 Å². The summed E-state index contributed by atoms with van der Waals surface area (Å²) in [5.41, 5.74) is 2.20. The van der Waals surface area contributed by atoms with Crippen LogP contribution in [0.25, 0.3) is 0 Å². The molecule has 1 aromatic carbocycles. The zero-order chi connectivity index (χ0) is 14.5. The van der Waals surface area contributed by atoms with E-state index in [9.17, 15) is 4.79 Å². The third-order valence-corrected chi connectivity index (χ3v) is 3.96. The van der Waals surface area contributed by atoms with Gasteiger partial charge in [-0.1, -0.05) is 17.7 Å². The first-order valence-corrected chi connectivity index (χ1v) is 7.42. The lowest BCUT2D eigenvalue weighted by Crippen LogP contribution is -2.27. The molecule has 0 radical (unpaired) electrons. The lowest BCUT2D eigenvalue weighted by molar-refractivity contribution is -0.120. The topological polar surface area (TPSA) is 44.4 Å². The summed E-state index contributed by atoms with van der Waals surface area (Å²) >= 11 is 6.32. The van der Waals surface area contributed by atoms with E-state index in [1.807, 2.05) is 19.2 Å². The molecule has 0 heterocycles. The number of benzene rings is 1. The van der Waals surface area contributed by atoms with E-state index in [2.05, 4.69) is 21.6 Å². The van der Waals surface area contributed by atoms with Crippen molar-refractivity contribution in [3.05, 3.63) is 28.8 Å². The highest BCUT2D eigenvalue weighted by molar-refractivity contribution is 6.31. The third-order valence-electron chi connectivity index (χ3n) is 3.60. The number of rotatable bonds is 7. The lowest BCUT2D eigenvalue weighted by Gasteiger charge is -2.23. The fourth-order valence-electron chi connectivity index (χ4n) is 2.13. The van der Waals surface area contributed by atoms with Gasteiger partial charge in [-0.15, -0.1) is 0 Å². The van der Waals surface area contributed by atoms with Gasteiger partial charge in [0.15, 0.2) is 0 Å². The number of hydrogen-bond donors (Lipinski definition) is 2. The van der Waals surface area contributed by atoms with Gasteiger partial charge in [-0.2, -0.15) is 0 Å². The van der Waals surface area contributed by atoms with E-state index in [-0.39, 0.29) is 5.91 Å². The molecule has 1 aliphatic carbocycles. The standard InChI is InChI=1S/C15H22ClN3O/c1-17-15(20)8-9-19(2)14-5-3-4-13(16)12(14)10-18-11-6-7-11/h3-5,11,18H,6-10H2,1-2H3,(H,17,20). The van der Waals surface area contributed by atoms with Crippen LogP contribution in [0.1, 0.15) is 24.8 Å². The summed E-state index contributed by atoms with van der Waals surface area (Å²) in [6.45, 7) is 1.46. The van der Waals surface area contributed by atoms with Crippen LogP contribution < -0.4 is 15.5 Å². The molecular formula is C15H22ClN3O. The van der Waals surface area contributed by atoms with Crippen LogP contribution in [-0.4, -0.2) is 32.6 Å². The molecule has 0 bridgehead atoms. The molecule has 0 saturated heterocycles. The molecule has 0 atom stereocenters. The van der Waals surface area contributed by atoms with Crippen molar-refractivity contribution in [3.63, 3.8) is 0 Å². The van der Waals surface area contributed by atoms with E-state index in [0.29, 0.717) is 19.0 Å². The van der Waals surface area contributed by atoms with Gasteiger partial charge in [-0.05, 0) is 25.0 Å². The monoisotopic (exact) mass is 295 g/mol. The Morgan fingerprint density at radius 3 is 2.85 bits per heavy atom. The van der Waals surface area contributed by atoms with Gasteiger partial charge >= 0.3 is 0 Å². The summed E-state index contributed by atoms with van der Waals surface area (Å²) in [6.07, 6.45) is 2.99. The molecule has 0 spiro atoms. The van der Waals surface area contributed by atoms with Crippen molar-refractivity contribution in [2.45, 2.75) is 31.8 Å². The van der Waals surface area contributed by atoms with Gasteiger partial charge in [0.2, 0.25) is 5.91 Å². The number of amides is 1. The number of carbonyl (C=O) groups is 1. The zero-order valence-electron chi connectivity index (χ0n) is 12.1. The summed E-state index contributed by atoms with van der Waals surface area (Å²) in [5, 5.41) is 6.92. The minimum Gasteiger partial charge on any atom is -0.374 e. The minimum atomic E-state index is 0.0523. The van der Waals surface area contributed by atoms with Gasteiger partial charge in [-0.3, -0.25) is 4.79 Å². The molecule has 2 rings (SSSR count). The van der Waals surface area contributed by atoms with Crippen molar-refractivity contribution in [3.8, 4) is 0 Å². The van der Waals surface area contributed by atoms with E-state index in [1.165, 1.54) is 12.8 Å². The average Bonchev–Trinajstić information content (AvgIpc) is 3.27. The van der Waals surface area contributed by atoms with Crippen molar-refractivity contribution < 1.29 is 4.79 Å². The molecule has 1 fully saturated rings. The number of halogens is 1. The van der Waals surface area contributed by atoms with Crippen LogP contribution in [0.4, 0.5) is 5.69 Å². The molecule has 5 heteroatoms. The van der Waals surface area contributed by atoms with Crippen LogP contribution in [0.2, 0.25) is 5.02 Å². The summed E-state index contributed by atoms with van der Waals surface area (Å²) in [5.74, 6) is 0.0523. The highest BCUT2D eigenvalue weighted by Gasteiger charge is 2.21. The maximum absolute atomic E-state index is 11.3. The molecule has 0 aliphatic heterocycles. The van der Waals surface area contributed by atoms with Crippen molar-refractivity contribution in [2.75, 3.05) is 25.5 Å². The quantitative estimate of drug-likeness (QED) is 0.810. The molecule has 20 heavy (non-hydrogen) atoms. The highest BCUT2D eigenvalue weighted by atomic mass is 35.5. The Morgan fingerprint density at radius 2 is 2.20 bits per heavy atom. The number of carbonyl (C=O) groups excluding carboxylic acids is 1.